The Bertz CT molecular complexity index is 446. The Balaban J connectivity index is 1.75. The van der Waals surface area contributed by atoms with E-state index in [4.69, 9.17) is 0 Å². The molecule has 1 aromatic carbocycles. The van der Waals surface area contributed by atoms with Crippen LogP contribution < -0.4 is 10.6 Å². The number of hydrogen-bond donors (Lipinski definition) is 2. The van der Waals surface area contributed by atoms with Crippen LogP contribution in [0.5, 0.6) is 0 Å². The van der Waals surface area contributed by atoms with Gasteiger partial charge in [0.2, 0.25) is 5.91 Å². The second-order valence-electron chi connectivity index (χ2n) is 5.45. The molecule has 5 heteroatoms. The lowest BCUT2D eigenvalue weighted by atomic mass is 9.98. The summed E-state index contributed by atoms with van der Waals surface area (Å²) in [4.78, 5) is 13.9. The maximum Gasteiger partial charge on any atom is 0.238 e. The van der Waals surface area contributed by atoms with Crippen LogP contribution in [-0.2, 0) is 4.79 Å². The summed E-state index contributed by atoms with van der Waals surface area (Å²) in [5, 5.41) is 6.05. The van der Waals surface area contributed by atoms with E-state index in [2.05, 4.69) is 10.6 Å². The first kappa shape index (κ1) is 14.9. The second-order valence-corrected chi connectivity index (χ2v) is 5.45. The van der Waals surface area contributed by atoms with Crippen LogP contribution in [0.15, 0.2) is 24.3 Å². The number of likely N-dealkylation sites (N-methyl/N-ethyl adjacent to an activating group) is 1. The number of anilines is 1. The van der Waals surface area contributed by atoms with Gasteiger partial charge in [0.15, 0.2) is 0 Å². The summed E-state index contributed by atoms with van der Waals surface area (Å²) in [6, 6.07) is 5.96. The number of halogens is 1. The zero-order valence-electron chi connectivity index (χ0n) is 11.9. The average Bonchev–Trinajstić information content (AvgIpc) is 2.39. The highest BCUT2D eigenvalue weighted by molar-refractivity contribution is 5.92. The molecular formula is C15H22FN3O. The molecular weight excluding hydrogens is 257 g/mol. The van der Waals surface area contributed by atoms with Crippen molar-refractivity contribution < 1.29 is 9.18 Å². The van der Waals surface area contributed by atoms with Gasteiger partial charge in [0, 0.05) is 12.2 Å². The fourth-order valence-corrected chi connectivity index (χ4v) is 2.58. The molecule has 20 heavy (non-hydrogen) atoms. The van der Waals surface area contributed by atoms with E-state index in [1.54, 1.807) is 12.1 Å². The Morgan fingerprint density at radius 2 is 2.20 bits per heavy atom. The number of piperidine rings is 1. The fraction of sp³-hybridized carbons (Fsp3) is 0.533. The molecule has 1 aliphatic rings. The molecule has 110 valence electrons. The molecule has 1 aliphatic heterocycles. The molecule has 0 atom stereocenters. The highest BCUT2D eigenvalue weighted by Gasteiger charge is 2.16. The van der Waals surface area contributed by atoms with Crippen molar-refractivity contribution in [2.24, 2.45) is 5.92 Å². The van der Waals surface area contributed by atoms with Gasteiger partial charge in [-0.1, -0.05) is 6.07 Å². The van der Waals surface area contributed by atoms with Gasteiger partial charge in [0.1, 0.15) is 5.82 Å². The molecule has 0 saturated carbocycles. The Hall–Kier alpha value is -1.46. The van der Waals surface area contributed by atoms with Crippen LogP contribution in [0.25, 0.3) is 0 Å². The summed E-state index contributed by atoms with van der Waals surface area (Å²) < 4.78 is 13.0. The lowest BCUT2D eigenvalue weighted by Crippen LogP contribution is -2.37. The maximum absolute atomic E-state index is 13.0. The summed E-state index contributed by atoms with van der Waals surface area (Å²) in [6.07, 6.45) is 2.33. The normalized spacial score (nSPS) is 16.4. The van der Waals surface area contributed by atoms with Gasteiger partial charge in [-0.3, -0.25) is 9.69 Å². The SMILES string of the molecule is CN(CC(=O)Nc1cccc(F)c1)CC1CCNCC1. The molecule has 1 heterocycles. The number of nitrogens with one attached hydrogen (secondary N) is 2. The number of benzene rings is 1. The Morgan fingerprint density at radius 1 is 1.45 bits per heavy atom. The highest BCUT2D eigenvalue weighted by atomic mass is 19.1. The second kappa shape index (κ2) is 7.36. The van der Waals surface area contributed by atoms with Gasteiger partial charge in [-0.25, -0.2) is 4.39 Å². The topological polar surface area (TPSA) is 44.4 Å². The molecule has 1 amide bonds. The van der Waals surface area contributed by atoms with Crippen molar-refractivity contribution in [1.82, 2.24) is 10.2 Å². The van der Waals surface area contributed by atoms with E-state index in [1.807, 2.05) is 11.9 Å². The van der Waals surface area contributed by atoms with E-state index in [0.29, 0.717) is 18.2 Å². The van der Waals surface area contributed by atoms with Crippen LogP contribution in [0, 0.1) is 11.7 Å². The summed E-state index contributed by atoms with van der Waals surface area (Å²) >= 11 is 0. The first-order valence-corrected chi connectivity index (χ1v) is 7.08. The van der Waals surface area contributed by atoms with E-state index in [0.717, 1.165) is 32.5 Å². The summed E-state index contributed by atoms with van der Waals surface area (Å²) in [7, 11) is 1.95. The Kier molecular flexibility index (Phi) is 5.49. The van der Waals surface area contributed by atoms with Crippen molar-refractivity contribution >= 4 is 11.6 Å². The predicted molar refractivity (Wildman–Crippen MR) is 78.1 cm³/mol. The summed E-state index contributed by atoms with van der Waals surface area (Å²) in [5.41, 5.74) is 0.505. The number of carbonyl (C=O) groups excluding carboxylic acids is 1. The number of amides is 1. The van der Waals surface area contributed by atoms with Gasteiger partial charge in [-0.05, 0) is 57.1 Å². The molecule has 0 bridgehead atoms. The Morgan fingerprint density at radius 3 is 2.90 bits per heavy atom. The van der Waals surface area contributed by atoms with E-state index >= 15 is 0 Å². The minimum absolute atomic E-state index is 0.105. The number of carbonyl (C=O) groups is 1. The lowest BCUT2D eigenvalue weighted by molar-refractivity contribution is -0.117. The van der Waals surface area contributed by atoms with E-state index in [9.17, 15) is 9.18 Å². The van der Waals surface area contributed by atoms with Crippen LogP contribution in [-0.4, -0.2) is 44.0 Å². The number of nitrogens with zero attached hydrogens (tertiary/aromatic N) is 1. The van der Waals surface area contributed by atoms with Gasteiger partial charge < -0.3 is 10.6 Å². The van der Waals surface area contributed by atoms with E-state index in [-0.39, 0.29) is 11.7 Å². The third-order valence-electron chi connectivity index (χ3n) is 3.55. The predicted octanol–water partition coefficient (Wildman–Crippen LogP) is 1.70. The largest absolute Gasteiger partial charge is 0.325 e. The molecule has 4 nitrogen and oxygen atoms in total. The molecule has 0 unspecified atom stereocenters. The first-order chi connectivity index (χ1) is 9.63. The van der Waals surface area contributed by atoms with Gasteiger partial charge in [-0.15, -0.1) is 0 Å². The zero-order chi connectivity index (χ0) is 14.4. The number of hydrogen-bond acceptors (Lipinski definition) is 3. The molecule has 0 spiro atoms. The average molecular weight is 279 g/mol. The van der Waals surface area contributed by atoms with E-state index in [1.165, 1.54) is 12.1 Å². The highest BCUT2D eigenvalue weighted by Crippen LogP contribution is 2.13. The summed E-state index contributed by atoms with van der Waals surface area (Å²) in [6.45, 7) is 3.39. The van der Waals surface area contributed by atoms with Crippen LogP contribution in [0.1, 0.15) is 12.8 Å². The van der Waals surface area contributed by atoms with Crippen LogP contribution >= 0.6 is 0 Å². The molecule has 0 aliphatic carbocycles. The molecule has 1 saturated heterocycles. The van der Waals surface area contributed by atoms with Crippen molar-refractivity contribution in [3.63, 3.8) is 0 Å². The van der Waals surface area contributed by atoms with E-state index < -0.39 is 0 Å². The molecule has 0 aromatic heterocycles. The van der Waals surface area contributed by atoms with Crippen molar-refractivity contribution in [3.8, 4) is 0 Å². The quantitative estimate of drug-likeness (QED) is 0.862. The monoisotopic (exact) mass is 279 g/mol. The minimum atomic E-state index is -0.342. The molecule has 0 radical (unpaired) electrons. The number of rotatable bonds is 5. The van der Waals surface area contributed by atoms with Gasteiger partial charge in [-0.2, -0.15) is 0 Å². The summed E-state index contributed by atoms with van der Waals surface area (Å²) in [5.74, 6) is 0.209. The minimum Gasteiger partial charge on any atom is -0.325 e. The standard InChI is InChI=1S/C15H22FN3O/c1-19(10-12-5-7-17-8-6-12)11-15(20)18-14-4-2-3-13(16)9-14/h2-4,9,12,17H,5-8,10-11H2,1H3,(H,18,20). The van der Waals surface area contributed by atoms with Crippen molar-refractivity contribution in [2.45, 2.75) is 12.8 Å². The lowest BCUT2D eigenvalue weighted by Gasteiger charge is -2.27. The third-order valence-corrected chi connectivity index (χ3v) is 3.55. The molecule has 1 fully saturated rings. The van der Waals surface area contributed by atoms with Crippen LogP contribution in [0.2, 0.25) is 0 Å². The van der Waals surface area contributed by atoms with Crippen LogP contribution in [0.3, 0.4) is 0 Å². The van der Waals surface area contributed by atoms with Crippen molar-refractivity contribution in [3.05, 3.63) is 30.1 Å². The maximum atomic E-state index is 13.0. The fourth-order valence-electron chi connectivity index (χ4n) is 2.58. The molecule has 2 rings (SSSR count). The smallest absolute Gasteiger partial charge is 0.238 e. The van der Waals surface area contributed by atoms with Crippen molar-refractivity contribution in [1.29, 1.82) is 0 Å². The zero-order valence-corrected chi connectivity index (χ0v) is 11.9. The van der Waals surface area contributed by atoms with Crippen molar-refractivity contribution in [2.75, 3.05) is 38.5 Å². The van der Waals surface area contributed by atoms with Gasteiger partial charge in [0.25, 0.3) is 0 Å². The van der Waals surface area contributed by atoms with Crippen LogP contribution in [0.4, 0.5) is 10.1 Å². The van der Waals surface area contributed by atoms with Gasteiger partial charge >= 0.3 is 0 Å². The third kappa shape index (κ3) is 4.90. The molecule has 2 N–H and O–H groups in total. The first-order valence-electron chi connectivity index (χ1n) is 7.08. The Labute approximate surface area is 119 Å². The van der Waals surface area contributed by atoms with Gasteiger partial charge in [0.05, 0.1) is 6.54 Å². The molecule has 1 aromatic rings.